The third kappa shape index (κ3) is 5.02. The largest absolute Gasteiger partial charge is 0.361 e. The van der Waals surface area contributed by atoms with Crippen LogP contribution in [0.5, 0.6) is 0 Å². The van der Waals surface area contributed by atoms with Gasteiger partial charge in [-0.3, -0.25) is 14.4 Å². The summed E-state index contributed by atoms with van der Waals surface area (Å²) in [6.45, 7) is 6.31. The summed E-state index contributed by atoms with van der Waals surface area (Å²) >= 11 is 0. The van der Waals surface area contributed by atoms with Crippen LogP contribution < -0.4 is 5.32 Å². The number of hydrogen-bond donors (Lipinski definition) is 1. The molecule has 1 fully saturated rings. The van der Waals surface area contributed by atoms with E-state index in [0.717, 1.165) is 60.7 Å². The van der Waals surface area contributed by atoms with Crippen LogP contribution in [-0.2, 0) is 24.8 Å². The molecule has 1 amide bonds. The highest BCUT2D eigenvalue weighted by molar-refractivity contribution is 5.79. The van der Waals surface area contributed by atoms with E-state index < -0.39 is 0 Å². The van der Waals surface area contributed by atoms with E-state index in [0.29, 0.717) is 12.2 Å². The zero-order valence-corrected chi connectivity index (χ0v) is 18.2. The number of likely N-dealkylation sites (tertiary alicyclic amines) is 1. The van der Waals surface area contributed by atoms with Crippen molar-refractivity contribution < 1.29 is 13.7 Å². The van der Waals surface area contributed by atoms with Crippen LogP contribution in [0.4, 0.5) is 4.39 Å². The van der Waals surface area contributed by atoms with Gasteiger partial charge in [0.2, 0.25) is 5.91 Å². The van der Waals surface area contributed by atoms with E-state index in [-0.39, 0.29) is 17.8 Å². The molecule has 4 rings (SSSR count). The lowest BCUT2D eigenvalue weighted by Gasteiger charge is -2.32. The van der Waals surface area contributed by atoms with Gasteiger partial charge in [0.05, 0.1) is 23.5 Å². The third-order valence-electron chi connectivity index (χ3n) is 5.97. The number of benzene rings is 1. The molecule has 3 aromatic rings. The maximum absolute atomic E-state index is 13.2. The Morgan fingerprint density at radius 3 is 2.58 bits per heavy atom. The summed E-state index contributed by atoms with van der Waals surface area (Å²) in [5.41, 5.74) is 4.52. The van der Waals surface area contributed by atoms with Crippen molar-refractivity contribution in [2.45, 2.75) is 45.7 Å². The second kappa shape index (κ2) is 9.01. The summed E-state index contributed by atoms with van der Waals surface area (Å²) in [4.78, 5) is 14.8. The quantitative estimate of drug-likeness (QED) is 0.657. The molecule has 1 aliphatic rings. The van der Waals surface area contributed by atoms with Crippen LogP contribution in [0, 0.1) is 19.7 Å². The molecule has 1 saturated heterocycles. The molecule has 0 radical (unpaired) electrons. The molecule has 0 aliphatic carbocycles. The van der Waals surface area contributed by atoms with Crippen molar-refractivity contribution >= 4 is 5.91 Å². The number of rotatable bonds is 6. The molecule has 7 nitrogen and oxygen atoms in total. The van der Waals surface area contributed by atoms with Gasteiger partial charge in [-0.05, 0) is 57.0 Å². The van der Waals surface area contributed by atoms with Gasteiger partial charge in [0.1, 0.15) is 11.6 Å². The second-order valence-electron chi connectivity index (χ2n) is 8.25. The molecule has 0 spiro atoms. The first-order valence-electron chi connectivity index (χ1n) is 10.6. The van der Waals surface area contributed by atoms with Crippen molar-refractivity contribution in [2.24, 2.45) is 7.05 Å². The van der Waals surface area contributed by atoms with Gasteiger partial charge in [-0.2, -0.15) is 5.10 Å². The maximum atomic E-state index is 13.2. The van der Waals surface area contributed by atoms with Crippen LogP contribution >= 0.6 is 0 Å². The molecule has 3 heterocycles. The van der Waals surface area contributed by atoms with Gasteiger partial charge >= 0.3 is 0 Å². The zero-order chi connectivity index (χ0) is 22.0. The minimum Gasteiger partial charge on any atom is -0.361 e. The maximum Gasteiger partial charge on any atom is 0.224 e. The summed E-state index contributed by atoms with van der Waals surface area (Å²) in [5.74, 6) is 0.476. The van der Waals surface area contributed by atoms with Gasteiger partial charge in [-0.1, -0.05) is 5.16 Å². The third-order valence-corrected chi connectivity index (χ3v) is 5.97. The number of amides is 1. The molecule has 0 atom stereocenters. The topological polar surface area (TPSA) is 76.2 Å². The van der Waals surface area contributed by atoms with Crippen LogP contribution in [0.15, 0.2) is 34.9 Å². The van der Waals surface area contributed by atoms with Crippen molar-refractivity contribution in [1.29, 1.82) is 0 Å². The van der Waals surface area contributed by atoms with Crippen LogP contribution in [0.3, 0.4) is 0 Å². The first kappa shape index (κ1) is 21.2. The van der Waals surface area contributed by atoms with Crippen molar-refractivity contribution in [3.8, 4) is 11.3 Å². The minimum absolute atomic E-state index is 0.0171. The highest BCUT2D eigenvalue weighted by Gasteiger charge is 2.23. The molecular weight excluding hydrogens is 397 g/mol. The Balaban J connectivity index is 1.28. The smallest absolute Gasteiger partial charge is 0.224 e. The van der Waals surface area contributed by atoms with Crippen molar-refractivity contribution in [1.82, 2.24) is 25.2 Å². The van der Waals surface area contributed by atoms with Gasteiger partial charge in [0.15, 0.2) is 0 Å². The van der Waals surface area contributed by atoms with E-state index in [2.05, 4.69) is 26.5 Å². The molecule has 1 aliphatic heterocycles. The molecule has 1 aromatic carbocycles. The molecule has 1 N–H and O–H groups in total. The molecule has 0 unspecified atom stereocenters. The number of hydrogen-bond acceptors (Lipinski definition) is 5. The number of carbonyl (C=O) groups excluding carboxylic acids is 1. The molecule has 8 heteroatoms. The summed E-state index contributed by atoms with van der Waals surface area (Å²) in [6.07, 6.45) is 2.13. The molecule has 0 bridgehead atoms. The second-order valence-corrected chi connectivity index (χ2v) is 8.25. The summed E-state index contributed by atoms with van der Waals surface area (Å²) in [7, 11) is 1.93. The average Bonchev–Trinajstić information content (AvgIpc) is 3.26. The number of halogens is 1. The van der Waals surface area contributed by atoms with E-state index >= 15 is 0 Å². The lowest BCUT2D eigenvalue weighted by atomic mass is 10.0. The molecule has 31 heavy (non-hydrogen) atoms. The number of carbonyl (C=O) groups is 1. The lowest BCUT2D eigenvalue weighted by molar-refractivity contribution is -0.121. The average molecular weight is 426 g/mol. The van der Waals surface area contributed by atoms with E-state index in [9.17, 15) is 9.18 Å². The Hall–Kier alpha value is -3.00. The van der Waals surface area contributed by atoms with Gasteiger partial charge in [-0.25, -0.2) is 4.39 Å². The van der Waals surface area contributed by atoms with E-state index in [1.165, 1.54) is 12.1 Å². The monoisotopic (exact) mass is 425 g/mol. The Morgan fingerprint density at radius 1 is 1.23 bits per heavy atom. The van der Waals surface area contributed by atoms with Crippen molar-refractivity contribution in [3.05, 3.63) is 58.9 Å². The molecule has 2 aromatic heterocycles. The standard InChI is InChI=1S/C23H28FN5O2/c1-15-21(16(2)31-27-15)13-23(30)25-19-8-10-29(11-9-19)14-20-12-22(26-28(20)3)17-4-6-18(24)7-5-17/h4-7,12,19H,8-11,13-14H2,1-3H3,(H,25,30). The Bertz CT molecular complexity index is 1030. The minimum atomic E-state index is -0.249. The molecule has 164 valence electrons. The van der Waals surface area contributed by atoms with Crippen LogP contribution in [0.25, 0.3) is 11.3 Å². The number of piperidine rings is 1. The van der Waals surface area contributed by atoms with Crippen molar-refractivity contribution in [2.75, 3.05) is 13.1 Å². The van der Waals surface area contributed by atoms with E-state index in [1.54, 1.807) is 12.1 Å². The predicted octanol–water partition coefficient (Wildman–Crippen LogP) is 3.15. The first-order chi connectivity index (χ1) is 14.9. The fourth-order valence-corrected chi connectivity index (χ4v) is 4.07. The van der Waals surface area contributed by atoms with Gasteiger partial charge in [-0.15, -0.1) is 0 Å². The predicted molar refractivity (Wildman–Crippen MR) is 115 cm³/mol. The normalized spacial score (nSPS) is 15.4. The SMILES string of the molecule is Cc1noc(C)c1CC(=O)NC1CCN(Cc2cc(-c3ccc(F)cc3)nn2C)CC1. The number of nitrogens with one attached hydrogen (secondary N) is 1. The Kier molecular flexibility index (Phi) is 6.18. The lowest BCUT2D eigenvalue weighted by Crippen LogP contribution is -2.45. The Morgan fingerprint density at radius 2 is 1.94 bits per heavy atom. The summed E-state index contributed by atoms with van der Waals surface area (Å²) in [5, 5.41) is 11.6. The van der Waals surface area contributed by atoms with Gasteiger partial charge < -0.3 is 9.84 Å². The van der Waals surface area contributed by atoms with Gasteiger partial charge in [0.25, 0.3) is 0 Å². The van der Waals surface area contributed by atoms with E-state index in [1.807, 2.05) is 25.6 Å². The number of nitrogens with zero attached hydrogens (tertiary/aromatic N) is 4. The summed E-state index contributed by atoms with van der Waals surface area (Å²) in [6, 6.07) is 8.65. The van der Waals surface area contributed by atoms with Crippen molar-refractivity contribution in [3.63, 3.8) is 0 Å². The van der Waals surface area contributed by atoms with E-state index in [4.69, 9.17) is 4.52 Å². The highest BCUT2D eigenvalue weighted by Crippen LogP contribution is 2.21. The molecular formula is C23H28FN5O2. The zero-order valence-electron chi connectivity index (χ0n) is 18.2. The highest BCUT2D eigenvalue weighted by atomic mass is 19.1. The van der Waals surface area contributed by atoms with Crippen LogP contribution in [0.1, 0.15) is 35.6 Å². The fourth-order valence-electron chi connectivity index (χ4n) is 4.07. The molecule has 0 saturated carbocycles. The summed E-state index contributed by atoms with van der Waals surface area (Å²) < 4.78 is 20.2. The first-order valence-corrected chi connectivity index (χ1v) is 10.6. The number of aryl methyl sites for hydroxylation is 3. The fraction of sp³-hybridized carbons (Fsp3) is 0.435. The van der Waals surface area contributed by atoms with Gasteiger partial charge in [0, 0.05) is 43.9 Å². The number of aromatic nitrogens is 3. The van der Waals surface area contributed by atoms with Crippen LogP contribution in [-0.4, -0.2) is 44.9 Å². The Labute approximate surface area is 181 Å². The van der Waals surface area contributed by atoms with Crippen LogP contribution in [0.2, 0.25) is 0 Å².